The number of nitrogens with one attached hydrogen (secondary N) is 2. The highest BCUT2D eigenvalue weighted by Gasteiger charge is 2.18. The number of aryl methyl sites for hydroxylation is 1. The topological polar surface area (TPSA) is 137 Å². The van der Waals surface area contributed by atoms with Crippen LogP contribution >= 0.6 is 11.5 Å². The summed E-state index contributed by atoms with van der Waals surface area (Å²) in [5.41, 5.74) is -0.169. The van der Waals surface area contributed by atoms with Crippen LogP contribution in [0.15, 0.2) is 39.9 Å². The van der Waals surface area contributed by atoms with E-state index in [9.17, 15) is 14.4 Å². The number of imidazole rings is 1. The number of amides is 1. The fraction of sp³-hybridized carbons (Fsp3) is 0.263. The van der Waals surface area contributed by atoms with E-state index >= 15 is 0 Å². The second kappa shape index (κ2) is 8.52. The second-order valence-corrected chi connectivity index (χ2v) is 7.58. The number of H-pyrrole nitrogens is 1. The lowest BCUT2D eigenvalue weighted by Crippen LogP contribution is -2.36. The summed E-state index contributed by atoms with van der Waals surface area (Å²) in [5, 5.41) is 6.67. The summed E-state index contributed by atoms with van der Waals surface area (Å²) in [7, 11) is 2.95. The number of aromatic nitrogens is 6. The highest BCUT2D eigenvalue weighted by Crippen LogP contribution is 2.16. The molecule has 0 aliphatic rings. The molecule has 1 amide bonds. The minimum Gasteiger partial charge on any atom is -0.488 e. The molecule has 11 nitrogen and oxygen atoms in total. The molecule has 0 aliphatic heterocycles. The summed E-state index contributed by atoms with van der Waals surface area (Å²) in [6.07, 6.45) is 0.338. The molecule has 1 aromatic carbocycles. The smallest absolute Gasteiger partial charge is 0.332 e. The summed E-state index contributed by atoms with van der Waals surface area (Å²) < 4.78 is 11.8. The Hall–Kier alpha value is -3.80. The molecule has 31 heavy (non-hydrogen) atoms. The normalized spacial score (nSPS) is 11.0. The van der Waals surface area contributed by atoms with Crippen molar-refractivity contribution in [3.8, 4) is 5.75 Å². The number of para-hydroxylation sites is 1. The first-order valence-corrected chi connectivity index (χ1v) is 10.1. The first-order valence-electron chi connectivity index (χ1n) is 9.37. The lowest BCUT2D eigenvalue weighted by molar-refractivity contribution is 0.0946. The third-order valence-corrected chi connectivity index (χ3v) is 5.37. The Morgan fingerprint density at radius 3 is 2.74 bits per heavy atom. The Morgan fingerprint density at radius 1 is 1.19 bits per heavy atom. The zero-order valence-corrected chi connectivity index (χ0v) is 17.6. The van der Waals surface area contributed by atoms with E-state index in [0.717, 1.165) is 16.1 Å². The Balaban J connectivity index is 1.40. The van der Waals surface area contributed by atoms with Gasteiger partial charge in [0.25, 0.3) is 11.5 Å². The van der Waals surface area contributed by atoms with E-state index in [0.29, 0.717) is 22.9 Å². The van der Waals surface area contributed by atoms with Crippen molar-refractivity contribution in [1.29, 1.82) is 0 Å². The van der Waals surface area contributed by atoms with Gasteiger partial charge < -0.3 is 15.0 Å². The van der Waals surface area contributed by atoms with E-state index in [4.69, 9.17) is 4.74 Å². The summed E-state index contributed by atoms with van der Waals surface area (Å²) in [6.45, 7) is 0.439. The van der Waals surface area contributed by atoms with Crippen molar-refractivity contribution in [3.05, 3.63) is 67.6 Å². The predicted molar refractivity (Wildman–Crippen MR) is 113 cm³/mol. The molecule has 0 saturated carbocycles. The SMILES string of the molecule is Cn1c(=O)c2[nH]c(CCNC(=O)c3nnsc3COc3ccccc3)nc2n(C)c1=O. The minimum atomic E-state index is -0.454. The number of hydrogen-bond acceptors (Lipinski definition) is 8. The van der Waals surface area contributed by atoms with Crippen LogP contribution in [0.1, 0.15) is 21.2 Å². The number of aromatic amines is 1. The van der Waals surface area contributed by atoms with Crippen molar-refractivity contribution in [1.82, 2.24) is 34.0 Å². The summed E-state index contributed by atoms with van der Waals surface area (Å²) in [6, 6.07) is 9.26. The van der Waals surface area contributed by atoms with E-state index in [1.807, 2.05) is 30.3 Å². The average Bonchev–Trinajstić information content (AvgIpc) is 3.43. The molecule has 2 N–H and O–H groups in total. The van der Waals surface area contributed by atoms with Crippen LogP contribution in [0.3, 0.4) is 0 Å². The van der Waals surface area contributed by atoms with Crippen LogP contribution in [0.5, 0.6) is 5.75 Å². The maximum atomic E-state index is 12.5. The summed E-state index contributed by atoms with van der Waals surface area (Å²) >= 11 is 1.10. The number of rotatable bonds is 7. The molecule has 0 unspecified atom stereocenters. The fourth-order valence-electron chi connectivity index (χ4n) is 3.01. The molecule has 12 heteroatoms. The molecule has 0 fully saturated rings. The van der Waals surface area contributed by atoms with Crippen LogP contribution in [0.25, 0.3) is 11.2 Å². The molecular formula is C19H19N7O4S. The molecule has 0 saturated heterocycles. The van der Waals surface area contributed by atoms with Crippen LogP contribution in [-0.2, 0) is 27.1 Å². The van der Waals surface area contributed by atoms with Gasteiger partial charge in [0.05, 0.1) is 4.88 Å². The highest BCUT2D eigenvalue weighted by molar-refractivity contribution is 7.05. The largest absolute Gasteiger partial charge is 0.488 e. The standard InChI is InChI=1S/C19H19N7O4S/c1-25-16-15(18(28)26(2)19(25)29)21-13(22-16)8-9-20-17(27)14-12(31-24-23-14)10-30-11-6-4-3-5-7-11/h3-7H,8-10H2,1-2H3,(H,20,27)(H,21,22). The number of nitrogens with zero attached hydrogens (tertiary/aromatic N) is 5. The fourth-order valence-corrected chi connectivity index (χ4v) is 3.56. The van der Waals surface area contributed by atoms with Gasteiger partial charge in [0.1, 0.15) is 23.7 Å². The van der Waals surface area contributed by atoms with Crippen LogP contribution < -0.4 is 21.3 Å². The number of benzene rings is 1. The Morgan fingerprint density at radius 2 is 1.97 bits per heavy atom. The van der Waals surface area contributed by atoms with Gasteiger partial charge in [-0.05, 0) is 23.7 Å². The van der Waals surface area contributed by atoms with Crippen LogP contribution in [-0.4, -0.2) is 41.1 Å². The minimum absolute atomic E-state index is 0.186. The monoisotopic (exact) mass is 441 g/mol. The van der Waals surface area contributed by atoms with Crippen LogP contribution in [0, 0.1) is 0 Å². The second-order valence-electron chi connectivity index (χ2n) is 6.74. The van der Waals surface area contributed by atoms with Gasteiger partial charge in [0.15, 0.2) is 11.3 Å². The first kappa shape index (κ1) is 20.5. The van der Waals surface area contributed by atoms with Crippen molar-refractivity contribution < 1.29 is 9.53 Å². The van der Waals surface area contributed by atoms with Crippen molar-refractivity contribution >= 4 is 28.6 Å². The molecule has 4 rings (SSSR count). The summed E-state index contributed by atoms with van der Waals surface area (Å²) in [4.78, 5) is 44.6. The van der Waals surface area contributed by atoms with Crippen LogP contribution in [0.2, 0.25) is 0 Å². The van der Waals surface area contributed by atoms with Gasteiger partial charge in [0.2, 0.25) is 0 Å². The van der Waals surface area contributed by atoms with Crippen molar-refractivity contribution in [3.63, 3.8) is 0 Å². The predicted octanol–water partition coefficient (Wildman–Crippen LogP) is 0.363. The zero-order chi connectivity index (χ0) is 22.0. The quantitative estimate of drug-likeness (QED) is 0.423. The van der Waals surface area contributed by atoms with E-state index < -0.39 is 11.2 Å². The average molecular weight is 441 g/mol. The number of ether oxygens (including phenoxy) is 1. The van der Waals surface area contributed by atoms with Crippen molar-refractivity contribution in [2.75, 3.05) is 6.54 Å². The lowest BCUT2D eigenvalue weighted by Gasteiger charge is -2.06. The number of hydrogen-bond donors (Lipinski definition) is 2. The van der Waals surface area contributed by atoms with Crippen molar-refractivity contribution in [2.45, 2.75) is 13.0 Å². The number of carbonyl (C=O) groups excluding carboxylic acids is 1. The maximum Gasteiger partial charge on any atom is 0.332 e. The van der Waals surface area contributed by atoms with Gasteiger partial charge in [-0.1, -0.05) is 22.7 Å². The third-order valence-electron chi connectivity index (χ3n) is 4.68. The van der Waals surface area contributed by atoms with Gasteiger partial charge in [-0.25, -0.2) is 9.78 Å². The maximum absolute atomic E-state index is 12.5. The van der Waals surface area contributed by atoms with E-state index in [-0.39, 0.29) is 35.9 Å². The van der Waals surface area contributed by atoms with Gasteiger partial charge in [-0.3, -0.25) is 18.7 Å². The Kier molecular flexibility index (Phi) is 5.62. The molecule has 4 aromatic rings. The zero-order valence-electron chi connectivity index (χ0n) is 16.8. The molecule has 0 aliphatic carbocycles. The van der Waals surface area contributed by atoms with E-state index in [2.05, 4.69) is 24.9 Å². The highest BCUT2D eigenvalue weighted by atomic mass is 32.1. The third kappa shape index (κ3) is 4.10. The number of carbonyl (C=O) groups is 1. The molecule has 0 spiro atoms. The van der Waals surface area contributed by atoms with Gasteiger partial charge in [-0.15, -0.1) is 5.10 Å². The molecule has 0 atom stereocenters. The van der Waals surface area contributed by atoms with Gasteiger partial charge in [-0.2, -0.15) is 0 Å². The number of fused-ring (bicyclic) bond motifs is 1. The van der Waals surface area contributed by atoms with Crippen LogP contribution in [0.4, 0.5) is 0 Å². The molecule has 160 valence electrons. The first-order chi connectivity index (χ1) is 15.0. The Labute approximate surface area is 179 Å². The molecule has 3 heterocycles. The molecular weight excluding hydrogens is 422 g/mol. The van der Waals surface area contributed by atoms with Gasteiger partial charge >= 0.3 is 5.69 Å². The van der Waals surface area contributed by atoms with E-state index in [1.54, 1.807) is 7.05 Å². The molecule has 3 aromatic heterocycles. The van der Waals surface area contributed by atoms with Gasteiger partial charge in [0, 0.05) is 27.1 Å². The summed E-state index contributed by atoms with van der Waals surface area (Å²) in [5.74, 6) is 0.796. The van der Waals surface area contributed by atoms with E-state index in [1.165, 1.54) is 11.6 Å². The molecule has 0 radical (unpaired) electrons. The lowest BCUT2D eigenvalue weighted by atomic mass is 10.3. The molecule has 0 bridgehead atoms. The van der Waals surface area contributed by atoms with Crippen molar-refractivity contribution in [2.24, 2.45) is 14.1 Å². The Bertz CT molecular complexity index is 1350.